The number of hydrogen-bond acceptors (Lipinski definition) is 10. The molecule has 5 aromatic rings. The maximum atomic E-state index is 14.5. The molecule has 13 nitrogen and oxygen atoms in total. The maximum absolute atomic E-state index is 14.5. The standard InChI is InChI=1S/C39H36N4O9/c1-7-50-37(45)33-30-22-15-11-12-16-23(22)36(44)31-26(42-39(47)52-21-13-9-8-10-14-21)19-29(51-20(2)3)35(32(30)31)43-34(33)24-17-27(48-5)28(49-6)18-25(24)41-38(46)40-4/h8-20H,7H2,1-6H3,(H,42,47)(H2,40,41,46). The first-order chi connectivity index (χ1) is 25.1. The second-order valence-corrected chi connectivity index (χ2v) is 11.8. The van der Waals surface area contributed by atoms with Crippen LogP contribution in [0, 0.1) is 0 Å². The molecule has 1 aliphatic rings. The van der Waals surface area contributed by atoms with Crippen molar-refractivity contribution < 1.29 is 42.9 Å². The molecule has 0 radical (unpaired) electrons. The molecule has 0 saturated heterocycles. The van der Waals surface area contributed by atoms with E-state index >= 15 is 0 Å². The minimum atomic E-state index is -0.851. The molecule has 0 bridgehead atoms. The van der Waals surface area contributed by atoms with Gasteiger partial charge in [0.2, 0.25) is 0 Å². The van der Waals surface area contributed by atoms with Crippen molar-refractivity contribution >= 4 is 46.2 Å². The van der Waals surface area contributed by atoms with Gasteiger partial charge in [-0.05, 0) is 44.5 Å². The molecule has 52 heavy (non-hydrogen) atoms. The summed E-state index contributed by atoms with van der Waals surface area (Å²) in [5.41, 5.74) is 2.00. The lowest BCUT2D eigenvalue weighted by Gasteiger charge is -2.27. The quantitative estimate of drug-likeness (QED) is 0.122. The molecule has 1 aromatic heterocycles. The molecular formula is C39H36N4O9. The van der Waals surface area contributed by atoms with E-state index in [9.17, 15) is 19.2 Å². The Hall–Kier alpha value is -6.63. The van der Waals surface area contributed by atoms with E-state index < -0.39 is 23.9 Å². The summed E-state index contributed by atoms with van der Waals surface area (Å²) in [5, 5.41) is 8.31. The fourth-order valence-electron chi connectivity index (χ4n) is 6.09. The number of amides is 3. The van der Waals surface area contributed by atoms with Crippen molar-refractivity contribution in [1.29, 1.82) is 0 Å². The first-order valence-corrected chi connectivity index (χ1v) is 16.4. The van der Waals surface area contributed by atoms with Gasteiger partial charge in [-0.3, -0.25) is 10.1 Å². The average Bonchev–Trinajstić information content (AvgIpc) is 3.13. The van der Waals surface area contributed by atoms with Gasteiger partial charge in [0.1, 0.15) is 17.0 Å². The normalized spacial score (nSPS) is 11.4. The zero-order valence-electron chi connectivity index (χ0n) is 29.3. The highest BCUT2D eigenvalue weighted by molar-refractivity contribution is 6.31. The largest absolute Gasteiger partial charge is 0.493 e. The molecule has 1 aliphatic carbocycles. The van der Waals surface area contributed by atoms with Crippen LogP contribution in [0.5, 0.6) is 23.0 Å². The Balaban J connectivity index is 1.76. The topological polar surface area (TPSA) is 163 Å². The van der Waals surface area contributed by atoms with E-state index in [2.05, 4.69) is 16.0 Å². The van der Waals surface area contributed by atoms with Crippen molar-refractivity contribution in [2.24, 2.45) is 0 Å². The number of para-hydroxylation sites is 1. The highest BCUT2D eigenvalue weighted by atomic mass is 16.6. The predicted molar refractivity (Wildman–Crippen MR) is 195 cm³/mol. The summed E-state index contributed by atoms with van der Waals surface area (Å²) < 4.78 is 28.6. The van der Waals surface area contributed by atoms with E-state index in [1.54, 1.807) is 73.7 Å². The summed E-state index contributed by atoms with van der Waals surface area (Å²) in [6.45, 7) is 5.33. The predicted octanol–water partition coefficient (Wildman–Crippen LogP) is 7.46. The molecule has 0 unspecified atom stereocenters. The lowest BCUT2D eigenvalue weighted by molar-refractivity contribution is 0.0527. The van der Waals surface area contributed by atoms with E-state index in [1.165, 1.54) is 27.3 Å². The number of carbonyl (C=O) groups is 4. The van der Waals surface area contributed by atoms with Crippen molar-refractivity contribution in [3.63, 3.8) is 0 Å². The van der Waals surface area contributed by atoms with Crippen LogP contribution in [-0.4, -0.2) is 62.8 Å². The van der Waals surface area contributed by atoms with Crippen molar-refractivity contribution in [2.75, 3.05) is 38.5 Å². The van der Waals surface area contributed by atoms with Gasteiger partial charge in [-0.1, -0.05) is 42.5 Å². The summed E-state index contributed by atoms with van der Waals surface area (Å²) in [4.78, 5) is 59.8. The van der Waals surface area contributed by atoms with Crippen LogP contribution in [0.3, 0.4) is 0 Å². The highest BCUT2D eigenvalue weighted by Gasteiger charge is 2.37. The third-order valence-corrected chi connectivity index (χ3v) is 8.18. The Morgan fingerprint density at radius 1 is 0.788 bits per heavy atom. The molecule has 4 aromatic carbocycles. The van der Waals surface area contributed by atoms with Gasteiger partial charge in [-0.2, -0.15) is 0 Å². The van der Waals surface area contributed by atoms with Gasteiger partial charge in [-0.15, -0.1) is 0 Å². The van der Waals surface area contributed by atoms with E-state index in [0.717, 1.165) is 0 Å². The number of pyridine rings is 1. The Labute approximate surface area is 299 Å². The van der Waals surface area contributed by atoms with E-state index in [4.69, 9.17) is 28.7 Å². The summed E-state index contributed by atoms with van der Waals surface area (Å²) in [7, 11) is 4.37. The van der Waals surface area contributed by atoms with Crippen molar-refractivity contribution in [1.82, 2.24) is 10.3 Å². The minimum Gasteiger partial charge on any atom is -0.493 e. The number of methoxy groups -OCH3 is 2. The lowest BCUT2D eigenvalue weighted by Crippen LogP contribution is -2.25. The van der Waals surface area contributed by atoms with E-state index in [1.807, 2.05) is 13.8 Å². The number of ether oxygens (including phenoxy) is 5. The summed E-state index contributed by atoms with van der Waals surface area (Å²) in [6, 6.07) is 19.4. The molecular weight excluding hydrogens is 668 g/mol. The van der Waals surface area contributed by atoms with Gasteiger partial charge in [0.05, 0.1) is 55.1 Å². The average molecular weight is 705 g/mol. The SMILES string of the molecule is CCOC(=O)c1c(-c2cc(OC)c(OC)cc2NC(=O)NC)nc2c(OC(C)C)cc(NC(=O)Oc3ccccc3)c3c2c1-c1ccccc1C3=O. The zero-order valence-corrected chi connectivity index (χ0v) is 29.3. The number of ketones is 1. The fraction of sp³-hybridized carbons (Fsp3) is 0.205. The number of hydrogen-bond donors (Lipinski definition) is 3. The lowest BCUT2D eigenvalue weighted by atomic mass is 9.79. The molecule has 0 atom stereocenters. The van der Waals surface area contributed by atoms with Crippen molar-refractivity contribution in [3.8, 4) is 45.4 Å². The molecule has 0 saturated carbocycles. The van der Waals surface area contributed by atoms with Crippen LogP contribution in [0.2, 0.25) is 0 Å². The van der Waals surface area contributed by atoms with Gasteiger partial charge in [0.15, 0.2) is 17.3 Å². The van der Waals surface area contributed by atoms with E-state index in [-0.39, 0.29) is 80.2 Å². The zero-order chi connectivity index (χ0) is 37.1. The molecule has 13 heteroatoms. The third kappa shape index (κ3) is 6.51. The smallest absolute Gasteiger partial charge is 0.417 e. The van der Waals surface area contributed by atoms with Crippen LogP contribution in [0.1, 0.15) is 47.1 Å². The Bertz CT molecular complexity index is 2240. The molecule has 3 amide bonds. The molecule has 0 spiro atoms. The summed E-state index contributed by atoms with van der Waals surface area (Å²) in [6.07, 6.45) is -1.23. The second-order valence-electron chi connectivity index (χ2n) is 11.8. The van der Waals surface area contributed by atoms with Crippen molar-refractivity contribution in [3.05, 3.63) is 89.5 Å². The van der Waals surface area contributed by atoms with Gasteiger partial charge >= 0.3 is 18.1 Å². The van der Waals surface area contributed by atoms with Gasteiger partial charge < -0.3 is 34.3 Å². The highest BCUT2D eigenvalue weighted by Crippen LogP contribution is 2.50. The number of carbonyl (C=O) groups excluding carboxylic acids is 4. The fourth-order valence-corrected chi connectivity index (χ4v) is 6.09. The van der Waals surface area contributed by atoms with Crippen LogP contribution in [0.15, 0.2) is 72.8 Å². The van der Waals surface area contributed by atoms with Crippen LogP contribution in [0.4, 0.5) is 21.0 Å². The minimum absolute atomic E-state index is 0.00207. The van der Waals surface area contributed by atoms with Crippen LogP contribution >= 0.6 is 0 Å². The number of nitrogens with zero attached hydrogens (tertiary/aromatic N) is 1. The van der Waals surface area contributed by atoms with Gasteiger partial charge in [0, 0.05) is 41.3 Å². The molecule has 266 valence electrons. The molecule has 6 rings (SSSR count). The first-order valence-electron chi connectivity index (χ1n) is 16.4. The van der Waals surface area contributed by atoms with Crippen LogP contribution < -0.4 is 34.9 Å². The maximum Gasteiger partial charge on any atom is 0.417 e. The number of anilines is 2. The Kier molecular flexibility index (Phi) is 9.95. The second kappa shape index (κ2) is 14.7. The molecule has 0 fully saturated rings. The van der Waals surface area contributed by atoms with E-state index in [0.29, 0.717) is 16.9 Å². The number of nitrogens with one attached hydrogen (secondary N) is 3. The monoisotopic (exact) mass is 704 g/mol. The number of fused-ring (bicyclic) bond motifs is 2. The van der Waals surface area contributed by atoms with Gasteiger partial charge in [-0.25, -0.2) is 19.4 Å². The van der Waals surface area contributed by atoms with Crippen LogP contribution in [0.25, 0.3) is 33.3 Å². The Morgan fingerprint density at radius 2 is 1.44 bits per heavy atom. The van der Waals surface area contributed by atoms with Crippen LogP contribution in [-0.2, 0) is 4.74 Å². The molecule has 1 heterocycles. The summed E-state index contributed by atoms with van der Waals surface area (Å²) >= 11 is 0. The number of rotatable bonds is 10. The molecule has 0 aliphatic heterocycles. The van der Waals surface area contributed by atoms with Gasteiger partial charge in [0.25, 0.3) is 0 Å². The third-order valence-electron chi connectivity index (χ3n) is 8.18. The number of benzene rings is 4. The van der Waals surface area contributed by atoms with Crippen molar-refractivity contribution in [2.45, 2.75) is 26.9 Å². The number of urea groups is 1. The number of aromatic nitrogens is 1. The number of esters is 1. The summed E-state index contributed by atoms with van der Waals surface area (Å²) in [5.74, 6) is -0.0792. The Morgan fingerprint density at radius 3 is 2.10 bits per heavy atom. The first kappa shape index (κ1) is 35.2. The molecule has 3 N–H and O–H groups in total.